The van der Waals surface area contributed by atoms with Crippen molar-refractivity contribution < 1.29 is 24.6 Å². The molecule has 0 radical (unpaired) electrons. The smallest absolute Gasteiger partial charge is 0.414 e. The second kappa shape index (κ2) is 19.5. The van der Waals surface area contributed by atoms with Crippen LogP contribution in [0.4, 0.5) is 11.4 Å². The highest BCUT2D eigenvalue weighted by atomic mass is 16.4. The molecule has 0 saturated heterocycles. The summed E-state index contributed by atoms with van der Waals surface area (Å²) in [6.07, 6.45) is 8.20. The van der Waals surface area contributed by atoms with Crippen molar-refractivity contribution in [3.8, 4) is 0 Å². The number of anilines is 2. The number of benzene rings is 2. The van der Waals surface area contributed by atoms with E-state index in [1.54, 1.807) is 0 Å². The molecule has 0 aliphatic carbocycles. The summed E-state index contributed by atoms with van der Waals surface area (Å²) >= 11 is 0. The fourth-order valence-electron chi connectivity index (χ4n) is 5.41. The highest BCUT2D eigenvalue weighted by molar-refractivity contribution is 6.27. The summed E-state index contributed by atoms with van der Waals surface area (Å²) in [7, 11) is 0. The summed E-state index contributed by atoms with van der Waals surface area (Å²) in [5, 5.41) is 19.2. The van der Waals surface area contributed by atoms with E-state index in [9.17, 15) is 4.79 Å². The van der Waals surface area contributed by atoms with Crippen LogP contribution in [-0.4, -0.2) is 70.7 Å². The maximum Gasteiger partial charge on any atom is 0.414 e. The third-order valence-electron chi connectivity index (χ3n) is 7.77. The quantitative estimate of drug-likeness (QED) is 0.113. The molecule has 2 aromatic carbocycles. The molecular weight excluding hydrogens is 568 g/mol. The minimum Gasteiger partial charge on any atom is -0.473 e. The Morgan fingerprint density at radius 2 is 1.36 bits per heavy atom. The number of hydrogen-bond acceptors (Lipinski definition) is 5. The first kappa shape index (κ1) is 37.3. The van der Waals surface area contributed by atoms with Crippen molar-refractivity contribution in [2.45, 2.75) is 92.4 Å². The van der Waals surface area contributed by atoms with Crippen molar-refractivity contribution in [3.05, 3.63) is 59.3 Å². The van der Waals surface area contributed by atoms with E-state index in [4.69, 9.17) is 19.8 Å². The molecule has 0 unspecified atom stereocenters. The van der Waals surface area contributed by atoms with E-state index in [2.05, 4.69) is 85.9 Å². The molecule has 3 aromatic rings. The number of nitrogens with one attached hydrogen (secondary N) is 2. The van der Waals surface area contributed by atoms with E-state index in [0.717, 1.165) is 50.1 Å². The number of H-pyrrole nitrogens is 1. The topological polar surface area (TPSA) is 126 Å². The highest BCUT2D eigenvalue weighted by Gasteiger charge is 2.17. The van der Waals surface area contributed by atoms with Gasteiger partial charge in [0, 0.05) is 53.2 Å². The third kappa shape index (κ3) is 11.9. The van der Waals surface area contributed by atoms with Gasteiger partial charge in [0.25, 0.3) is 5.91 Å². The average Bonchev–Trinajstić information content (AvgIpc) is 3.39. The zero-order valence-corrected chi connectivity index (χ0v) is 28.1. The summed E-state index contributed by atoms with van der Waals surface area (Å²) < 4.78 is 0. The van der Waals surface area contributed by atoms with Crippen molar-refractivity contribution in [1.82, 2.24) is 9.88 Å². The second-order valence-corrected chi connectivity index (χ2v) is 11.8. The molecule has 45 heavy (non-hydrogen) atoms. The fourth-order valence-corrected chi connectivity index (χ4v) is 5.41. The van der Waals surface area contributed by atoms with Crippen LogP contribution in [0.5, 0.6) is 0 Å². The number of aliphatic carboxylic acids is 2. The molecule has 9 heteroatoms. The van der Waals surface area contributed by atoms with Crippen LogP contribution in [0.15, 0.2) is 42.5 Å². The number of aromatic nitrogens is 1. The molecule has 9 nitrogen and oxygen atoms in total. The minimum absolute atomic E-state index is 0.0649. The van der Waals surface area contributed by atoms with Crippen molar-refractivity contribution >= 4 is 40.1 Å². The number of carbonyl (C=O) groups is 3. The SMILES string of the molecule is CCCCN(CCCC)CCc1c(C(C)C)[nH]c2ccc(NC(=O)c3ccc(N(CCC)CCC)cc3)cc12.O=C(O)C(=O)O. The zero-order chi connectivity index (χ0) is 33.4. The molecule has 0 bridgehead atoms. The van der Waals surface area contributed by atoms with Crippen LogP contribution >= 0.6 is 0 Å². The first-order valence-corrected chi connectivity index (χ1v) is 16.5. The predicted molar refractivity (Wildman–Crippen MR) is 185 cm³/mol. The van der Waals surface area contributed by atoms with Crippen LogP contribution in [0, 0.1) is 0 Å². The van der Waals surface area contributed by atoms with Crippen molar-refractivity contribution in [1.29, 1.82) is 0 Å². The number of carboxylic acid groups (broad SMARTS) is 2. The van der Waals surface area contributed by atoms with E-state index in [0.29, 0.717) is 11.5 Å². The molecule has 1 amide bonds. The summed E-state index contributed by atoms with van der Waals surface area (Å²) in [6, 6.07) is 14.3. The first-order valence-electron chi connectivity index (χ1n) is 16.5. The van der Waals surface area contributed by atoms with Crippen molar-refractivity contribution in [2.24, 2.45) is 0 Å². The van der Waals surface area contributed by atoms with Gasteiger partial charge < -0.3 is 30.3 Å². The number of nitrogens with zero attached hydrogens (tertiary/aromatic N) is 2. The molecule has 4 N–H and O–H groups in total. The van der Waals surface area contributed by atoms with Gasteiger partial charge in [-0.25, -0.2) is 9.59 Å². The lowest BCUT2D eigenvalue weighted by molar-refractivity contribution is -0.159. The number of carboxylic acids is 2. The lowest BCUT2D eigenvalue weighted by Gasteiger charge is -2.23. The van der Waals surface area contributed by atoms with Crippen LogP contribution in [0.3, 0.4) is 0 Å². The van der Waals surface area contributed by atoms with Crippen LogP contribution in [0.25, 0.3) is 10.9 Å². The highest BCUT2D eigenvalue weighted by Crippen LogP contribution is 2.31. The molecule has 0 aliphatic rings. The van der Waals surface area contributed by atoms with Gasteiger partial charge in [-0.2, -0.15) is 0 Å². The number of rotatable bonds is 17. The number of carbonyl (C=O) groups excluding carboxylic acids is 1. The van der Waals surface area contributed by atoms with Crippen LogP contribution < -0.4 is 10.2 Å². The van der Waals surface area contributed by atoms with E-state index in [1.165, 1.54) is 61.1 Å². The Morgan fingerprint density at radius 1 is 0.778 bits per heavy atom. The van der Waals surface area contributed by atoms with Gasteiger partial charge in [-0.15, -0.1) is 0 Å². The van der Waals surface area contributed by atoms with Crippen molar-refractivity contribution in [3.63, 3.8) is 0 Å². The Bertz CT molecular complexity index is 1320. The van der Waals surface area contributed by atoms with Gasteiger partial charge in [-0.1, -0.05) is 54.4 Å². The first-order chi connectivity index (χ1) is 21.6. The predicted octanol–water partition coefficient (Wildman–Crippen LogP) is 7.77. The molecular formula is C36H54N4O5. The van der Waals surface area contributed by atoms with Gasteiger partial charge in [0.15, 0.2) is 0 Å². The Kier molecular flexibility index (Phi) is 16.2. The largest absolute Gasteiger partial charge is 0.473 e. The van der Waals surface area contributed by atoms with Crippen LogP contribution in [0.1, 0.15) is 108 Å². The number of fused-ring (bicyclic) bond motifs is 1. The molecule has 1 aromatic heterocycles. The molecule has 0 saturated carbocycles. The van der Waals surface area contributed by atoms with Gasteiger partial charge in [0.05, 0.1) is 0 Å². The normalized spacial score (nSPS) is 11.0. The second-order valence-electron chi connectivity index (χ2n) is 11.8. The van der Waals surface area contributed by atoms with E-state index < -0.39 is 11.9 Å². The molecule has 3 rings (SSSR count). The summed E-state index contributed by atoms with van der Waals surface area (Å²) in [5.41, 5.74) is 6.58. The Hall–Kier alpha value is -3.85. The maximum atomic E-state index is 13.2. The lowest BCUT2D eigenvalue weighted by atomic mass is 10.00. The summed E-state index contributed by atoms with van der Waals surface area (Å²) in [6.45, 7) is 18.9. The average molecular weight is 623 g/mol. The van der Waals surface area contributed by atoms with E-state index >= 15 is 0 Å². The van der Waals surface area contributed by atoms with Crippen LogP contribution in [-0.2, 0) is 16.0 Å². The molecule has 0 aliphatic heterocycles. The Balaban J connectivity index is 0.00000107. The van der Waals surface area contributed by atoms with Crippen LogP contribution in [0.2, 0.25) is 0 Å². The fraction of sp³-hybridized carbons (Fsp3) is 0.528. The molecule has 0 atom stereocenters. The van der Waals surface area contributed by atoms with Gasteiger partial charge in [0.2, 0.25) is 0 Å². The monoisotopic (exact) mass is 622 g/mol. The zero-order valence-electron chi connectivity index (χ0n) is 28.1. The summed E-state index contributed by atoms with van der Waals surface area (Å²) in [5.74, 6) is -3.29. The van der Waals surface area contributed by atoms with E-state index in [-0.39, 0.29) is 5.91 Å². The van der Waals surface area contributed by atoms with E-state index in [1.807, 2.05) is 18.2 Å². The van der Waals surface area contributed by atoms with Gasteiger partial charge >= 0.3 is 11.9 Å². The summed E-state index contributed by atoms with van der Waals surface area (Å²) in [4.78, 5) is 40.1. The lowest BCUT2D eigenvalue weighted by Crippen LogP contribution is -2.28. The number of aromatic amines is 1. The number of hydrogen-bond donors (Lipinski definition) is 4. The third-order valence-corrected chi connectivity index (χ3v) is 7.77. The molecule has 248 valence electrons. The molecule has 0 fully saturated rings. The number of unbranched alkanes of at least 4 members (excludes halogenated alkanes) is 2. The van der Waals surface area contributed by atoms with Gasteiger partial charge in [-0.3, -0.25) is 4.79 Å². The molecule has 1 heterocycles. The van der Waals surface area contributed by atoms with Gasteiger partial charge in [-0.05, 0) is 99.1 Å². The maximum absolute atomic E-state index is 13.2. The number of amides is 1. The standard InChI is InChI=1S/C34H52N4O.C2H2O4/c1-7-11-22-37(23-12-8-2)24-19-30-31-25-28(15-18-32(31)36-33(30)26(5)6)35-34(39)27-13-16-29(17-14-27)38(20-9-3)21-10-4;3-1(4)2(5)6/h13-18,25-26,36H,7-12,19-24H2,1-6H3,(H,35,39);(H,3,4)(H,5,6). The Labute approximate surface area is 269 Å². The minimum atomic E-state index is -1.82. The van der Waals surface area contributed by atoms with Gasteiger partial charge in [0.1, 0.15) is 0 Å². The molecule has 0 spiro atoms. The van der Waals surface area contributed by atoms with Crippen molar-refractivity contribution in [2.75, 3.05) is 42.9 Å². The Morgan fingerprint density at radius 3 is 1.84 bits per heavy atom.